The molecular formula is C16H20N2O2S. The molecule has 0 unspecified atom stereocenters. The van der Waals surface area contributed by atoms with Crippen molar-refractivity contribution in [2.75, 3.05) is 0 Å². The van der Waals surface area contributed by atoms with Crippen molar-refractivity contribution < 1.29 is 9.21 Å². The van der Waals surface area contributed by atoms with E-state index < -0.39 is 0 Å². The minimum Gasteiger partial charge on any atom is -0.462 e. The van der Waals surface area contributed by atoms with Crippen LogP contribution in [0.3, 0.4) is 0 Å². The average molecular weight is 304 g/mol. The predicted molar refractivity (Wildman–Crippen MR) is 83.1 cm³/mol. The van der Waals surface area contributed by atoms with E-state index in [0.717, 1.165) is 35.2 Å². The molecule has 2 aromatic heterocycles. The first-order valence-electron chi connectivity index (χ1n) is 7.48. The van der Waals surface area contributed by atoms with Gasteiger partial charge in [0.15, 0.2) is 10.8 Å². The normalized spacial score (nSPS) is 22.1. The van der Waals surface area contributed by atoms with Gasteiger partial charge in [-0.3, -0.25) is 4.79 Å². The summed E-state index contributed by atoms with van der Waals surface area (Å²) < 4.78 is 5.32. The molecule has 1 saturated carbocycles. The highest BCUT2D eigenvalue weighted by molar-refractivity contribution is 7.13. The van der Waals surface area contributed by atoms with Crippen molar-refractivity contribution in [2.24, 2.45) is 5.92 Å². The number of hydrogen-bond donors (Lipinski definition) is 1. The smallest absolute Gasteiger partial charge is 0.226 e. The van der Waals surface area contributed by atoms with Gasteiger partial charge in [-0.25, -0.2) is 4.98 Å². The van der Waals surface area contributed by atoms with Crippen LogP contribution in [-0.2, 0) is 11.2 Å². The van der Waals surface area contributed by atoms with Crippen LogP contribution in [0.1, 0.15) is 38.3 Å². The molecule has 1 N–H and O–H groups in total. The largest absolute Gasteiger partial charge is 0.462 e. The molecule has 0 aromatic carbocycles. The summed E-state index contributed by atoms with van der Waals surface area (Å²) in [5.74, 6) is 1.63. The summed E-state index contributed by atoms with van der Waals surface area (Å²) in [4.78, 5) is 16.5. The lowest BCUT2D eigenvalue weighted by molar-refractivity contribution is -0.121. The van der Waals surface area contributed by atoms with Crippen LogP contribution in [-0.4, -0.2) is 16.9 Å². The fraction of sp³-hybridized carbons (Fsp3) is 0.500. The lowest BCUT2D eigenvalue weighted by atomic mass is 9.87. The Kier molecular flexibility index (Phi) is 4.39. The molecule has 1 amide bonds. The summed E-state index contributed by atoms with van der Waals surface area (Å²) in [6.45, 7) is 2.28. The monoisotopic (exact) mass is 304 g/mol. The van der Waals surface area contributed by atoms with Gasteiger partial charge in [0.2, 0.25) is 5.91 Å². The number of nitrogens with zero attached hydrogens (tertiary/aromatic N) is 1. The molecule has 2 aromatic rings. The van der Waals surface area contributed by atoms with E-state index in [9.17, 15) is 4.79 Å². The predicted octanol–water partition coefficient (Wildman–Crippen LogP) is 3.64. The molecule has 112 valence electrons. The zero-order chi connectivity index (χ0) is 14.7. The maximum absolute atomic E-state index is 12.1. The highest BCUT2D eigenvalue weighted by Gasteiger charge is 2.20. The van der Waals surface area contributed by atoms with E-state index in [1.54, 1.807) is 6.26 Å². The Bertz CT molecular complexity index is 583. The Balaban J connectivity index is 1.53. The Morgan fingerprint density at radius 1 is 1.43 bits per heavy atom. The molecule has 1 aliphatic carbocycles. The van der Waals surface area contributed by atoms with Gasteiger partial charge in [-0.1, -0.05) is 6.92 Å². The SMILES string of the molecule is CC1CCC(NC(=O)Cc2csc(-c3ccco3)n2)CC1. The Morgan fingerprint density at radius 2 is 2.24 bits per heavy atom. The third-order valence-electron chi connectivity index (χ3n) is 4.01. The zero-order valence-corrected chi connectivity index (χ0v) is 13.0. The van der Waals surface area contributed by atoms with Gasteiger partial charge in [0.25, 0.3) is 0 Å². The van der Waals surface area contributed by atoms with Crippen LogP contribution in [0.15, 0.2) is 28.2 Å². The van der Waals surface area contributed by atoms with Crippen molar-refractivity contribution in [3.63, 3.8) is 0 Å². The number of aromatic nitrogens is 1. The van der Waals surface area contributed by atoms with Crippen LogP contribution in [0.2, 0.25) is 0 Å². The van der Waals surface area contributed by atoms with Crippen LogP contribution in [0.5, 0.6) is 0 Å². The second-order valence-electron chi connectivity index (χ2n) is 5.82. The fourth-order valence-electron chi connectivity index (χ4n) is 2.75. The molecular weight excluding hydrogens is 284 g/mol. The first kappa shape index (κ1) is 14.3. The second kappa shape index (κ2) is 6.43. The fourth-order valence-corrected chi connectivity index (χ4v) is 3.54. The first-order chi connectivity index (χ1) is 10.2. The van der Waals surface area contributed by atoms with Crippen LogP contribution >= 0.6 is 11.3 Å². The highest BCUT2D eigenvalue weighted by atomic mass is 32.1. The molecule has 4 nitrogen and oxygen atoms in total. The van der Waals surface area contributed by atoms with Gasteiger partial charge in [0.1, 0.15) is 0 Å². The molecule has 0 aliphatic heterocycles. The third kappa shape index (κ3) is 3.73. The molecule has 0 atom stereocenters. The number of furan rings is 1. The molecule has 0 saturated heterocycles. The molecule has 0 bridgehead atoms. The Morgan fingerprint density at radius 3 is 2.95 bits per heavy atom. The van der Waals surface area contributed by atoms with E-state index in [2.05, 4.69) is 17.2 Å². The van der Waals surface area contributed by atoms with Gasteiger partial charge in [-0.15, -0.1) is 11.3 Å². The molecule has 0 spiro atoms. The van der Waals surface area contributed by atoms with Crippen molar-refractivity contribution in [1.82, 2.24) is 10.3 Å². The van der Waals surface area contributed by atoms with E-state index in [-0.39, 0.29) is 5.91 Å². The summed E-state index contributed by atoms with van der Waals surface area (Å²) in [6.07, 6.45) is 6.61. The zero-order valence-electron chi connectivity index (χ0n) is 12.2. The Hall–Kier alpha value is -1.62. The summed E-state index contributed by atoms with van der Waals surface area (Å²) in [5.41, 5.74) is 0.813. The van der Waals surface area contributed by atoms with E-state index in [1.807, 2.05) is 17.5 Å². The summed E-state index contributed by atoms with van der Waals surface area (Å²) >= 11 is 1.51. The van der Waals surface area contributed by atoms with Crippen molar-refractivity contribution in [1.29, 1.82) is 0 Å². The van der Waals surface area contributed by atoms with Crippen LogP contribution < -0.4 is 5.32 Å². The number of amides is 1. The summed E-state index contributed by atoms with van der Waals surface area (Å²) in [7, 11) is 0. The van der Waals surface area contributed by atoms with Gasteiger partial charge in [0.05, 0.1) is 18.4 Å². The van der Waals surface area contributed by atoms with Crippen LogP contribution in [0.25, 0.3) is 10.8 Å². The number of thiazole rings is 1. The van der Waals surface area contributed by atoms with E-state index in [1.165, 1.54) is 24.2 Å². The lowest BCUT2D eigenvalue weighted by Gasteiger charge is -2.26. The molecule has 0 radical (unpaired) electrons. The van der Waals surface area contributed by atoms with E-state index in [0.29, 0.717) is 12.5 Å². The second-order valence-corrected chi connectivity index (χ2v) is 6.68. The minimum atomic E-state index is 0.0749. The van der Waals surface area contributed by atoms with Crippen LogP contribution in [0.4, 0.5) is 0 Å². The maximum Gasteiger partial charge on any atom is 0.226 e. The lowest BCUT2D eigenvalue weighted by Crippen LogP contribution is -2.38. The standard InChI is InChI=1S/C16H20N2O2S/c1-11-4-6-12(7-5-11)17-15(19)9-13-10-21-16(18-13)14-3-2-8-20-14/h2-3,8,10-12H,4-7,9H2,1H3,(H,17,19). The van der Waals surface area contributed by atoms with Gasteiger partial charge in [0, 0.05) is 11.4 Å². The van der Waals surface area contributed by atoms with Crippen molar-refractivity contribution in [3.05, 3.63) is 29.5 Å². The van der Waals surface area contributed by atoms with Gasteiger partial charge < -0.3 is 9.73 Å². The van der Waals surface area contributed by atoms with Gasteiger partial charge in [-0.2, -0.15) is 0 Å². The molecule has 1 aliphatic rings. The van der Waals surface area contributed by atoms with Crippen molar-refractivity contribution in [3.8, 4) is 10.8 Å². The number of nitrogens with one attached hydrogen (secondary N) is 1. The number of carbonyl (C=O) groups excluding carboxylic acids is 1. The summed E-state index contributed by atoms with van der Waals surface area (Å²) in [6, 6.07) is 4.07. The van der Waals surface area contributed by atoms with Gasteiger partial charge in [-0.05, 0) is 43.7 Å². The average Bonchev–Trinajstić information content (AvgIpc) is 3.12. The number of rotatable bonds is 4. The molecule has 1 fully saturated rings. The first-order valence-corrected chi connectivity index (χ1v) is 8.36. The van der Waals surface area contributed by atoms with E-state index in [4.69, 9.17) is 4.42 Å². The maximum atomic E-state index is 12.1. The summed E-state index contributed by atoms with van der Waals surface area (Å²) in [5, 5.41) is 5.89. The van der Waals surface area contributed by atoms with Crippen molar-refractivity contribution >= 4 is 17.2 Å². The highest BCUT2D eigenvalue weighted by Crippen LogP contribution is 2.25. The molecule has 21 heavy (non-hydrogen) atoms. The quantitative estimate of drug-likeness (QED) is 0.938. The molecule has 5 heteroatoms. The van der Waals surface area contributed by atoms with E-state index >= 15 is 0 Å². The molecule has 2 heterocycles. The number of carbonyl (C=O) groups is 1. The Labute approximate surface area is 128 Å². The van der Waals surface area contributed by atoms with Crippen molar-refractivity contribution in [2.45, 2.75) is 45.1 Å². The topological polar surface area (TPSA) is 55.1 Å². The van der Waals surface area contributed by atoms with Crippen LogP contribution in [0, 0.1) is 5.92 Å². The number of hydrogen-bond acceptors (Lipinski definition) is 4. The third-order valence-corrected chi connectivity index (χ3v) is 4.91. The van der Waals surface area contributed by atoms with Gasteiger partial charge >= 0.3 is 0 Å². The molecule has 3 rings (SSSR count). The minimum absolute atomic E-state index is 0.0749.